The molecule has 2 N–H and O–H groups in total. The summed E-state index contributed by atoms with van der Waals surface area (Å²) in [5.74, 6) is 1.72. The summed E-state index contributed by atoms with van der Waals surface area (Å²) in [5, 5.41) is 5.98. The third kappa shape index (κ3) is 5.66. The highest BCUT2D eigenvalue weighted by molar-refractivity contribution is 6.31. The van der Waals surface area contributed by atoms with Gasteiger partial charge in [0.1, 0.15) is 23.7 Å². The van der Waals surface area contributed by atoms with Crippen LogP contribution in [0, 0.1) is 0 Å². The molecule has 0 radical (unpaired) electrons. The van der Waals surface area contributed by atoms with Crippen molar-refractivity contribution in [2.45, 2.75) is 6.54 Å². The number of aromatic nitrogens is 2. The number of hydrogen-bond acceptors (Lipinski definition) is 6. The number of ether oxygens (including phenoxy) is 1. The van der Waals surface area contributed by atoms with E-state index in [2.05, 4.69) is 54.7 Å². The molecule has 0 unspecified atom stereocenters. The topological polar surface area (TPSA) is 82.6 Å². The highest BCUT2D eigenvalue weighted by Crippen LogP contribution is 2.27. The van der Waals surface area contributed by atoms with Gasteiger partial charge in [-0.15, -0.1) is 0 Å². The summed E-state index contributed by atoms with van der Waals surface area (Å²) in [6.45, 7) is 4.54. The van der Waals surface area contributed by atoms with E-state index in [4.69, 9.17) is 16.3 Å². The molecule has 9 heteroatoms. The van der Waals surface area contributed by atoms with E-state index in [1.54, 1.807) is 24.3 Å². The van der Waals surface area contributed by atoms with Crippen LogP contribution in [-0.2, 0) is 6.54 Å². The smallest absolute Gasteiger partial charge is 0.324 e. The second-order valence-electron chi connectivity index (χ2n) is 7.43. The number of carbonyl (C=O) groups excluding carboxylic acids is 1. The molecule has 166 valence electrons. The lowest BCUT2D eigenvalue weighted by Crippen LogP contribution is -2.46. The molecule has 3 aromatic rings. The highest BCUT2D eigenvalue weighted by Gasteiger charge is 2.19. The first kappa shape index (κ1) is 21.9. The van der Waals surface area contributed by atoms with Gasteiger partial charge < -0.3 is 15.0 Å². The van der Waals surface area contributed by atoms with Gasteiger partial charge in [-0.3, -0.25) is 10.2 Å². The predicted octanol–water partition coefficient (Wildman–Crippen LogP) is 4.10. The molecule has 4 rings (SSSR count). The van der Waals surface area contributed by atoms with E-state index in [0.29, 0.717) is 22.3 Å². The lowest BCUT2D eigenvalue weighted by molar-refractivity contribution is 0.249. The van der Waals surface area contributed by atoms with Gasteiger partial charge >= 0.3 is 6.03 Å². The zero-order valence-corrected chi connectivity index (χ0v) is 18.5. The van der Waals surface area contributed by atoms with Gasteiger partial charge in [-0.1, -0.05) is 41.9 Å². The first-order valence-electron chi connectivity index (χ1n) is 10.4. The number of hydrogen-bond donors (Lipinski definition) is 2. The Labute approximate surface area is 192 Å². The van der Waals surface area contributed by atoms with E-state index in [0.717, 1.165) is 38.5 Å². The maximum Gasteiger partial charge on any atom is 0.324 e. The minimum absolute atomic E-state index is 0.417. The van der Waals surface area contributed by atoms with Crippen LogP contribution in [0.2, 0.25) is 5.02 Å². The van der Waals surface area contributed by atoms with Crippen LogP contribution in [0.5, 0.6) is 5.75 Å². The number of urea groups is 1. The Morgan fingerprint density at radius 1 is 1.03 bits per heavy atom. The maximum atomic E-state index is 12.5. The Kier molecular flexibility index (Phi) is 7.03. The minimum Gasteiger partial charge on any atom is -0.495 e. The number of anilines is 3. The number of rotatable bonds is 6. The van der Waals surface area contributed by atoms with Crippen LogP contribution in [0.25, 0.3) is 0 Å². The summed E-state index contributed by atoms with van der Waals surface area (Å²) in [4.78, 5) is 25.7. The van der Waals surface area contributed by atoms with Gasteiger partial charge in [-0.05, 0) is 23.8 Å². The van der Waals surface area contributed by atoms with Crippen LogP contribution >= 0.6 is 11.6 Å². The summed E-state index contributed by atoms with van der Waals surface area (Å²) >= 11 is 6.02. The van der Waals surface area contributed by atoms with E-state index < -0.39 is 6.03 Å². The molecule has 1 aromatic heterocycles. The van der Waals surface area contributed by atoms with Crippen molar-refractivity contribution in [1.82, 2.24) is 14.9 Å². The summed E-state index contributed by atoms with van der Waals surface area (Å²) in [6.07, 6.45) is 1.46. The van der Waals surface area contributed by atoms with Crippen molar-refractivity contribution < 1.29 is 9.53 Å². The Balaban J connectivity index is 1.34. The number of piperazine rings is 1. The van der Waals surface area contributed by atoms with Crippen LogP contribution in [0.1, 0.15) is 5.56 Å². The van der Waals surface area contributed by atoms with Crippen LogP contribution in [0.15, 0.2) is 60.9 Å². The molecular weight excluding hydrogens is 428 g/mol. The fraction of sp³-hybridized carbons (Fsp3) is 0.261. The third-order valence-electron chi connectivity index (χ3n) is 5.25. The van der Waals surface area contributed by atoms with E-state index >= 15 is 0 Å². The lowest BCUT2D eigenvalue weighted by Gasteiger charge is -2.35. The fourth-order valence-corrected chi connectivity index (χ4v) is 3.78. The number of amides is 2. The number of methoxy groups -OCH3 is 1. The zero-order chi connectivity index (χ0) is 22.3. The average molecular weight is 453 g/mol. The molecule has 2 aromatic carbocycles. The number of halogens is 1. The molecule has 0 spiro atoms. The predicted molar refractivity (Wildman–Crippen MR) is 127 cm³/mol. The normalized spacial score (nSPS) is 14.1. The maximum absolute atomic E-state index is 12.5. The van der Waals surface area contributed by atoms with Crippen LogP contribution in [-0.4, -0.2) is 54.2 Å². The van der Waals surface area contributed by atoms with Crippen molar-refractivity contribution in [2.24, 2.45) is 0 Å². The van der Waals surface area contributed by atoms with Crippen molar-refractivity contribution in [1.29, 1.82) is 0 Å². The minimum atomic E-state index is -0.442. The molecule has 0 bridgehead atoms. The molecule has 32 heavy (non-hydrogen) atoms. The van der Waals surface area contributed by atoms with Gasteiger partial charge in [-0.2, -0.15) is 0 Å². The second-order valence-corrected chi connectivity index (χ2v) is 7.87. The zero-order valence-electron chi connectivity index (χ0n) is 17.8. The molecule has 1 saturated heterocycles. The Morgan fingerprint density at radius 2 is 1.81 bits per heavy atom. The number of nitrogens with zero attached hydrogens (tertiary/aromatic N) is 4. The molecule has 1 fully saturated rings. The number of nitrogens with one attached hydrogen (secondary N) is 2. The Bertz CT molecular complexity index is 1060. The Morgan fingerprint density at radius 3 is 2.56 bits per heavy atom. The molecule has 0 atom stereocenters. The molecule has 1 aliphatic rings. The van der Waals surface area contributed by atoms with Crippen LogP contribution in [0.3, 0.4) is 0 Å². The first-order valence-corrected chi connectivity index (χ1v) is 10.7. The van der Waals surface area contributed by atoms with E-state index in [1.165, 1.54) is 19.0 Å². The Hall–Kier alpha value is -3.36. The standard InChI is InChI=1S/C23H25ClN6O2/c1-32-20-8-7-18(24)13-19(20)27-23(31)28-21-14-22(26-16-25-21)30-11-9-29(10-12-30)15-17-5-3-2-4-6-17/h2-8,13-14,16H,9-12,15H2,1H3,(H2,25,26,27,28,31). The van der Waals surface area contributed by atoms with Gasteiger partial charge in [0.2, 0.25) is 0 Å². The van der Waals surface area contributed by atoms with E-state index in [1.807, 2.05) is 6.07 Å². The van der Waals surface area contributed by atoms with Crippen molar-refractivity contribution in [3.05, 3.63) is 71.5 Å². The molecule has 0 aliphatic carbocycles. The van der Waals surface area contributed by atoms with E-state index in [-0.39, 0.29) is 0 Å². The second kappa shape index (κ2) is 10.3. The molecule has 0 saturated carbocycles. The quantitative estimate of drug-likeness (QED) is 0.585. The lowest BCUT2D eigenvalue weighted by atomic mass is 10.2. The summed E-state index contributed by atoms with van der Waals surface area (Å²) in [5.41, 5.74) is 1.79. The molecular formula is C23H25ClN6O2. The van der Waals surface area contributed by atoms with Crippen molar-refractivity contribution >= 4 is 35.0 Å². The first-order chi connectivity index (χ1) is 15.6. The largest absolute Gasteiger partial charge is 0.495 e. The van der Waals surface area contributed by atoms with Crippen LogP contribution in [0.4, 0.5) is 22.1 Å². The molecule has 2 heterocycles. The summed E-state index contributed by atoms with van der Waals surface area (Å²) in [6, 6.07) is 16.8. The average Bonchev–Trinajstić information content (AvgIpc) is 2.80. The fourth-order valence-electron chi connectivity index (χ4n) is 3.61. The SMILES string of the molecule is COc1ccc(Cl)cc1NC(=O)Nc1cc(N2CCN(Cc3ccccc3)CC2)ncn1. The van der Waals surface area contributed by atoms with Gasteiger partial charge in [0, 0.05) is 43.8 Å². The number of carbonyl (C=O) groups is 1. The van der Waals surface area contributed by atoms with Crippen molar-refractivity contribution in [3.63, 3.8) is 0 Å². The molecule has 2 amide bonds. The van der Waals surface area contributed by atoms with Crippen LogP contribution < -0.4 is 20.3 Å². The van der Waals surface area contributed by atoms with Gasteiger partial charge in [0.15, 0.2) is 0 Å². The molecule has 8 nitrogen and oxygen atoms in total. The van der Waals surface area contributed by atoms with E-state index in [9.17, 15) is 4.79 Å². The summed E-state index contributed by atoms with van der Waals surface area (Å²) in [7, 11) is 1.53. The van der Waals surface area contributed by atoms with Gasteiger partial charge in [0.25, 0.3) is 0 Å². The van der Waals surface area contributed by atoms with Crippen molar-refractivity contribution in [2.75, 3.05) is 48.8 Å². The highest BCUT2D eigenvalue weighted by atomic mass is 35.5. The third-order valence-corrected chi connectivity index (χ3v) is 5.48. The number of benzene rings is 2. The van der Waals surface area contributed by atoms with Crippen molar-refractivity contribution in [3.8, 4) is 5.75 Å². The monoisotopic (exact) mass is 452 g/mol. The van der Waals surface area contributed by atoms with Gasteiger partial charge in [-0.25, -0.2) is 14.8 Å². The molecule has 1 aliphatic heterocycles. The van der Waals surface area contributed by atoms with Gasteiger partial charge in [0.05, 0.1) is 12.8 Å². The summed E-state index contributed by atoms with van der Waals surface area (Å²) < 4.78 is 5.26.